The van der Waals surface area contributed by atoms with Crippen LogP contribution in [0, 0.1) is 10.1 Å². The third-order valence-corrected chi connectivity index (χ3v) is 6.93. The van der Waals surface area contributed by atoms with Crippen molar-refractivity contribution in [3.05, 3.63) is 106 Å². The zero-order valence-corrected chi connectivity index (χ0v) is 19.7. The van der Waals surface area contributed by atoms with Gasteiger partial charge in [0, 0.05) is 36.8 Å². The number of aromatic nitrogens is 3. The minimum Gasteiger partial charge on any atom is -0.339 e. The first-order valence-electron chi connectivity index (χ1n) is 11.4. The molecule has 0 aliphatic carbocycles. The summed E-state index contributed by atoms with van der Waals surface area (Å²) in [6, 6.07) is 24.3. The van der Waals surface area contributed by atoms with E-state index in [-0.39, 0.29) is 11.6 Å². The van der Waals surface area contributed by atoms with Crippen molar-refractivity contribution >= 4 is 23.4 Å². The number of nitro groups is 1. The minimum absolute atomic E-state index is 0.118. The summed E-state index contributed by atoms with van der Waals surface area (Å²) in [6.45, 7) is 1.38. The van der Waals surface area contributed by atoms with Crippen LogP contribution >= 0.6 is 11.8 Å². The molecule has 0 atom stereocenters. The van der Waals surface area contributed by atoms with Gasteiger partial charge in [-0.1, -0.05) is 48.5 Å². The molecule has 4 aromatic rings. The van der Waals surface area contributed by atoms with Gasteiger partial charge in [-0.15, -0.1) is 10.2 Å². The highest BCUT2D eigenvalue weighted by Crippen LogP contribution is 2.36. The fourth-order valence-corrected chi connectivity index (χ4v) is 5.13. The number of para-hydroxylation sites is 1. The SMILES string of the molecule is O=C(c1ccc(Sc2nnc(Cc3ccccc3)n2-c2ccccc2)c([N+](=O)[O-])c1)N1CCCC1. The van der Waals surface area contributed by atoms with Crippen LogP contribution < -0.4 is 0 Å². The number of rotatable bonds is 7. The Bertz CT molecular complexity index is 1350. The molecule has 1 saturated heterocycles. The van der Waals surface area contributed by atoms with Gasteiger partial charge in [-0.3, -0.25) is 19.5 Å². The van der Waals surface area contributed by atoms with E-state index in [0.29, 0.717) is 35.1 Å². The van der Waals surface area contributed by atoms with E-state index in [1.54, 1.807) is 17.0 Å². The second-order valence-electron chi connectivity index (χ2n) is 8.27. The van der Waals surface area contributed by atoms with Crippen LogP contribution in [-0.4, -0.2) is 43.6 Å². The van der Waals surface area contributed by atoms with Gasteiger partial charge >= 0.3 is 0 Å². The van der Waals surface area contributed by atoms with Crippen LogP contribution in [0.1, 0.15) is 34.6 Å². The number of likely N-dealkylation sites (tertiary alicyclic amines) is 1. The molecular formula is C26H23N5O3S. The van der Waals surface area contributed by atoms with Gasteiger partial charge in [0.15, 0.2) is 0 Å². The standard InChI is InChI=1S/C26H23N5O3S/c32-25(29-15-7-8-16-29)20-13-14-23(22(18-20)31(33)34)35-26-28-27-24(17-19-9-3-1-4-10-19)30(26)21-11-5-2-6-12-21/h1-6,9-14,18H,7-8,15-17H2. The molecule has 9 heteroatoms. The van der Waals surface area contributed by atoms with Gasteiger partial charge in [0.1, 0.15) is 5.82 Å². The monoisotopic (exact) mass is 485 g/mol. The minimum atomic E-state index is -0.447. The summed E-state index contributed by atoms with van der Waals surface area (Å²) < 4.78 is 1.92. The summed E-state index contributed by atoms with van der Waals surface area (Å²) in [5.74, 6) is 0.563. The average molecular weight is 486 g/mol. The molecule has 176 valence electrons. The Kier molecular flexibility index (Phi) is 6.58. The Morgan fingerprint density at radius 1 is 0.943 bits per heavy atom. The fraction of sp³-hybridized carbons (Fsp3) is 0.192. The van der Waals surface area contributed by atoms with Gasteiger partial charge in [-0.25, -0.2) is 0 Å². The molecule has 1 aromatic heterocycles. The molecule has 0 bridgehead atoms. The summed E-state index contributed by atoms with van der Waals surface area (Å²) in [7, 11) is 0. The van der Waals surface area contributed by atoms with Crippen molar-refractivity contribution in [2.75, 3.05) is 13.1 Å². The first-order chi connectivity index (χ1) is 17.1. The first-order valence-corrected chi connectivity index (χ1v) is 12.2. The summed E-state index contributed by atoms with van der Waals surface area (Å²) in [6.07, 6.45) is 2.49. The number of hydrogen-bond acceptors (Lipinski definition) is 6. The highest BCUT2D eigenvalue weighted by Gasteiger charge is 2.25. The molecule has 8 nitrogen and oxygen atoms in total. The lowest BCUT2D eigenvalue weighted by Gasteiger charge is -2.15. The zero-order chi connectivity index (χ0) is 24.2. The predicted molar refractivity (Wildman–Crippen MR) is 133 cm³/mol. The molecule has 0 spiro atoms. The maximum atomic E-state index is 12.8. The van der Waals surface area contributed by atoms with Crippen LogP contribution in [0.25, 0.3) is 5.69 Å². The highest BCUT2D eigenvalue weighted by atomic mass is 32.2. The van der Waals surface area contributed by atoms with Crippen LogP contribution in [0.5, 0.6) is 0 Å². The summed E-state index contributed by atoms with van der Waals surface area (Å²) in [5, 5.41) is 21.3. The van der Waals surface area contributed by atoms with E-state index >= 15 is 0 Å². The van der Waals surface area contributed by atoms with Crippen molar-refractivity contribution in [1.82, 2.24) is 19.7 Å². The molecule has 5 rings (SSSR count). The molecule has 0 unspecified atom stereocenters. The van der Waals surface area contributed by atoms with E-state index < -0.39 is 4.92 Å². The van der Waals surface area contributed by atoms with Crippen LogP contribution in [0.15, 0.2) is 88.9 Å². The normalized spacial score (nSPS) is 13.2. The fourth-order valence-electron chi connectivity index (χ4n) is 4.18. The third-order valence-electron chi connectivity index (χ3n) is 5.92. The van der Waals surface area contributed by atoms with Gasteiger partial charge in [0.25, 0.3) is 11.6 Å². The van der Waals surface area contributed by atoms with E-state index in [1.807, 2.05) is 65.2 Å². The Morgan fingerprint density at radius 3 is 2.31 bits per heavy atom. The van der Waals surface area contributed by atoms with E-state index in [1.165, 1.54) is 17.8 Å². The molecular weight excluding hydrogens is 462 g/mol. The van der Waals surface area contributed by atoms with Crippen LogP contribution in [0.3, 0.4) is 0 Å². The molecule has 1 fully saturated rings. The smallest absolute Gasteiger partial charge is 0.284 e. The zero-order valence-electron chi connectivity index (χ0n) is 18.9. The summed E-state index contributed by atoms with van der Waals surface area (Å²) in [5.41, 5.74) is 2.17. The Balaban J connectivity index is 1.50. The molecule has 3 aromatic carbocycles. The van der Waals surface area contributed by atoms with Crippen LogP contribution in [0.4, 0.5) is 5.69 Å². The number of hydrogen-bond donors (Lipinski definition) is 0. The van der Waals surface area contributed by atoms with Crippen molar-refractivity contribution in [3.63, 3.8) is 0 Å². The number of carbonyl (C=O) groups is 1. The summed E-state index contributed by atoms with van der Waals surface area (Å²) >= 11 is 1.17. The number of carbonyl (C=O) groups excluding carboxylic acids is 1. The van der Waals surface area contributed by atoms with E-state index in [4.69, 9.17) is 0 Å². The summed E-state index contributed by atoms with van der Waals surface area (Å²) in [4.78, 5) is 26.4. The number of amides is 1. The van der Waals surface area contributed by atoms with Crippen molar-refractivity contribution in [2.45, 2.75) is 29.3 Å². The largest absolute Gasteiger partial charge is 0.339 e. The maximum absolute atomic E-state index is 12.8. The quantitative estimate of drug-likeness (QED) is 0.265. The number of benzene rings is 3. The van der Waals surface area contributed by atoms with Gasteiger partial charge < -0.3 is 4.90 Å². The van der Waals surface area contributed by atoms with E-state index in [9.17, 15) is 14.9 Å². The van der Waals surface area contributed by atoms with Gasteiger partial charge in [0.2, 0.25) is 5.16 Å². The maximum Gasteiger partial charge on any atom is 0.284 e. The third kappa shape index (κ3) is 4.95. The van der Waals surface area contributed by atoms with Crippen molar-refractivity contribution in [2.24, 2.45) is 0 Å². The molecule has 0 N–H and O–H groups in total. The van der Waals surface area contributed by atoms with Gasteiger partial charge in [-0.2, -0.15) is 0 Å². The molecule has 2 heterocycles. The van der Waals surface area contributed by atoms with Gasteiger partial charge in [-0.05, 0) is 54.4 Å². The van der Waals surface area contributed by atoms with Gasteiger partial charge in [0.05, 0.1) is 9.82 Å². The number of nitro benzene ring substituents is 1. The molecule has 35 heavy (non-hydrogen) atoms. The molecule has 1 amide bonds. The number of nitrogens with zero attached hydrogens (tertiary/aromatic N) is 5. The lowest BCUT2D eigenvalue weighted by molar-refractivity contribution is -0.387. The average Bonchev–Trinajstić information content (AvgIpc) is 3.56. The molecule has 0 saturated carbocycles. The second-order valence-corrected chi connectivity index (χ2v) is 9.28. The Morgan fingerprint density at radius 2 is 1.63 bits per heavy atom. The van der Waals surface area contributed by atoms with Crippen molar-refractivity contribution in [1.29, 1.82) is 0 Å². The topological polar surface area (TPSA) is 94.2 Å². The molecule has 0 radical (unpaired) electrons. The van der Waals surface area contributed by atoms with Crippen molar-refractivity contribution < 1.29 is 9.72 Å². The highest BCUT2D eigenvalue weighted by molar-refractivity contribution is 7.99. The van der Waals surface area contributed by atoms with E-state index in [0.717, 1.165) is 29.9 Å². The predicted octanol–water partition coefficient (Wildman–Crippen LogP) is 5.15. The van der Waals surface area contributed by atoms with Crippen LogP contribution in [0.2, 0.25) is 0 Å². The second kappa shape index (κ2) is 10.1. The van der Waals surface area contributed by atoms with Crippen molar-refractivity contribution in [3.8, 4) is 5.69 Å². The van der Waals surface area contributed by atoms with Crippen LogP contribution in [-0.2, 0) is 6.42 Å². The molecule has 1 aliphatic heterocycles. The lowest BCUT2D eigenvalue weighted by Crippen LogP contribution is -2.27. The lowest BCUT2D eigenvalue weighted by atomic mass is 10.1. The Labute approximate surface area is 206 Å². The van der Waals surface area contributed by atoms with E-state index in [2.05, 4.69) is 10.2 Å². The Hall–Kier alpha value is -3.98. The first kappa shape index (κ1) is 22.8. The molecule has 1 aliphatic rings.